The summed E-state index contributed by atoms with van der Waals surface area (Å²) in [7, 11) is 0. The average molecular weight is 243 g/mol. The normalized spacial score (nSPS) is 9.62. The first-order valence-corrected chi connectivity index (χ1v) is 5.09. The van der Waals surface area contributed by atoms with Crippen LogP contribution in [0.15, 0.2) is 24.3 Å². The number of carbonyl (C=O) groups excluding carboxylic acids is 2. The van der Waals surface area contributed by atoms with E-state index in [1.165, 1.54) is 12.1 Å². The number of carbonyl (C=O) groups is 2. The predicted molar refractivity (Wildman–Crippen MR) is 58.4 cm³/mol. The fourth-order valence-corrected chi connectivity index (χ4v) is 1.12. The lowest BCUT2D eigenvalue weighted by atomic mass is 10.2. The van der Waals surface area contributed by atoms with Gasteiger partial charge in [0.05, 0.1) is 12.2 Å². The molecule has 86 valence electrons. The molecule has 0 bridgehead atoms. The zero-order valence-corrected chi connectivity index (χ0v) is 9.49. The van der Waals surface area contributed by atoms with Gasteiger partial charge in [-0.25, -0.2) is 9.59 Å². The van der Waals surface area contributed by atoms with Gasteiger partial charge in [0.1, 0.15) is 0 Å². The van der Waals surface area contributed by atoms with Crippen molar-refractivity contribution in [1.29, 1.82) is 0 Å². The lowest BCUT2D eigenvalue weighted by molar-refractivity contribution is -0.146. The molecule has 1 aromatic carbocycles. The van der Waals surface area contributed by atoms with Gasteiger partial charge in [-0.15, -0.1) is 0 Å². The van der Waals surface area contributed by atoms with E-state index in [4.69, 9.17) is 16.3 Å². The average Bonchev–Trinajstić information content (AvgIpc) is 2.27. The molecule has 0 unspecified atom stereocenters. The van der Waals surface area contributed by atoms with Crippen LogP contribution >= 0.6 is 11.6 Å². The van der Waals surface area contributed by atoms with Gasteiger partial charge in [-0.05, 0) is 31.2 Å². The number of esters is 2. The minimum Gasteiger partial charge on any atom is -0.463 e. The van der Waals surface area contributed by atoms with Crippen molar-refractivity contribution in [2.75, 3.05) is 13.2 Å². The van der Waals surface area contributed by atoms with E-state index in [1.807, 2.05) is 0 Å². The van der Waals surface area contributed by atoms with Crippen molar-refractivity contribution in [3.8, 4) is 0 Å². The van der Waals surface area contributed by atoms with Crippen LogP contribution in [0.25, 0.3) is 0 Å². The van der Waals surface area contributed by atoms with Gasteiger partial charge in [0, 0.05) is 5.02 Å². The van der Waals surface area contributed by atoms with Crippen LogP contribution in [0, 0.1) is 0 Å². The van der Waals surface area contributed by atoms with Crippen molar-refractivity contribution >= 4 is 23.5 Å². The number of hydrogen-bond donors (Lipinski definition) is 0. The van der Waals surface area contributed by atoms with Crippen molar-refractivity contribution in [1.82, 2.24) is 0 Å². The Hall–Kier alpha value is -1.55. The lowest BCUT2D eigenvalue weighted by Gasteiger charge is -2.04. The summed E-state index contributed by atoms with van der Waals surface area (Å²) in [5.41, 5.74) is 0.341. The third-order valence-electron chi connectivity index (χ3n) is 1.71. The largest absolute Gasteiger partial charge is 0.463 e. The second kappa shape index (κ2) is 6.12. The summed E-state index contributed by atoms with van der Waals surface area (Å²) in [6.45, 7) is 1.56. The second-order valence-corrected chi connectivity index (χ2v) is 3.32. The van der Waals surface area contributed by atoms with E-state index < -0.39 is 11.9 Å². The highest BCUT2D eigenvalue weighted by Crippen LogP contribution is 2.10. The summed E-state index contributed by atoms with van der Waals surface area (Å²) < 4.78 is 9.34. The Morgan fingerprint density at radius 1 is 1.19 bits per heavy atom. The monoisotopic (exact) mass is 242 g/mol. The summed E-state index contributed by atoms with van der Waals surface area (Å²) >= 11 is 5.66. The SMILES string of the molecule is CCOC(=O)COC(=O)c1ccc(Cl)cc1. The summed E-state index contributed by atoms with van der Waals surface area (Å²) in [5.74, 6) is -1.14. The van der Waals surface area contributed by atoms with Crippen LogP contribution in [0.5, 0.6) is 0 Å². The highest BCUT2D eigenvalue weighted by Gasteiger charge is 2.10. The van der Waals surface area contributed by atoms with E-state index in [2.05, 4.69) is 4.74 Å². The number of benzene rings is 1. The lowest BCUT2D eigenvalue weighted by Crippen LogP contribution is -2.16. The molecule has 0 saturated carbocycles. The van der Waals surface area contributed by atoms with Crippen LogP contribution < -0.4 is 0 Å². The van der Waals surface area contributed by atoms with Gasteiger partial charge in [0.2, 0.25) is 0 Å². The van der Waals surface area contributed by atoms with Gasteiger partial charge in [-0.2, -0.15) is 0 Å². The van der Waals surface area contributed by atoms with Gasteiger partial charge >= 0.3 is 11.9 Å². The minimum absolute atomic E-state index is 0.261. The molecule has 0 atom stereocenters. The second-order valence-electron chi connectivity index (χ2n) is 2.89. The number of rotatable bonds is 4. The van der Waals surface area contributed by atoms with Crippen LogP contribution in [-0.4, -0.2) is 25.2 Å². The zero-order chi connectivity index (χ0) is 12.0. The molecular formula is C11H11ClO4. The molecule has 0 aromatic heterocycles. The molecule has 1 rings (SSSR count). The fourth-order valence-electron chi connectivity index (χ4n) is 0.996. The Bertz CT molecular complexity index is 372. The van der Waals surface area contributed by atoms with E-state index in [0.717, 1.165) is 0 Å². The maximum absolute atomic E-state index is 11.4. The third-order valence-corrected chi connectivity index (χ3v) is 1.96. The van der Waals surface area contributed by atoms with Crippen molar-refractivity contribution in [2.45, 2.75) is 6.92 Å². The van der Waals surface area contributed by atoms with E-state index in [0.29, 0.717) is 10.6 Å². The highest BCUT2D eigenvalue weighted by molar-refractivity contribution is 6.30. The molecule has 5 heteroatoms. The van der Waals surface area contributed by atoms with Gasteiger partial charge in [-0.1, -0.05) is 11.6 Å². The van der Waals surface area contributed by atoms with E-state index in [1.54, 1.807) is 19.1 Å². The van der Waals surface area contributed by atoms with Crippen LogP contribution in [0.3, 0.4) is 0 Å². The molecule has 16 heavy (non-hydrogen) atoms. The molecule has 4 nitrogen and oxygen atoms in total. The van der Waals surface area contributed by atoms with Crippen LogP contribution in [0.4, 0.5) is 0 Å². The predicted octanol–water partition coefficient (Wildman–Crippen LogP) is 2.06. The van der Waals surface area contributed by atoms with E-state index >= 15 is 0 Å². The van der Waals surface area contributed by atoms with Gasteiger partial charge in [0.25, 0.3) is 0 Å². The third kappa shape index (κ3) is 3.90. The molecule has 1 aromatic rings. The first-order valence-electron chi connectivity index (χ1n) is 4.71. The van der Waals surface area contributed by atoms with Gasteiger partial charge in [-0.3, -0.25) is 0 Å². The first-order chi connectivity index (χ1) is 7.63. The maximum Gasteiger partial charge on any atom is 0.344 e. The maximum atomic E-state index is 11.4. The van der Waals surface area contributed by atoms with Crippen LogP contribution in [0.1, 0.15) is 17.3 Å². The smallest absolute Gasteiger partial charge is 0.344 e. The van der Waals surface area contributed by atoms with Crippen LogP contribution in [0.2, 0.25) is 5.02 Å². The van der Waals surface area contributed by atoms with Crippen molar-refractivity contribution in [2.24, 2.45) is 0 Å². The number of halogens is 1. The molecule has 0 spiro atoms. The molecule has 0 N–H and O–H groups in total. The molecule has 0 fully saturated rings. The van der Waals surface area contributed by atoms with E-state index in [-0.39, 0.29) is 13.2 Å². The highest BCUT2D eigenvalue weighted by atomic mass is 35.5. The molecule has 0 saturated heterocycles. The van der Waals surface area contributed by atoms with Crippen LogP contribution in [-0.2, 0) is 14.3 Å². The molecule has 0 heterocycles. The molecular weight excluding hydrogens is 232 g/mol. The molecule has 0 aliphatic heterocycles. The molecule has 0 amide bonds. The Balaban J connectivity index is 2.47. The Morgan fingerprint density at radius 2 is 1.81 bits per heavy atom. The molecule has 0 radical (unpaired) electrons. The Labute approximate surface area is 98.1 Å². The van der Waals surface area contributed by atoms with Gasteiger partial charge < -0.3 is 9.47 Å². The Kier molecular flexibility index (Phi) is 4.79. The number of ether oxygens (including phenoxy) is 2. The van der Waals surface area contributed by atoms with Crippen molar-refractivity contribution in [3.05, 3.63) is 34.9 Å². The van der Waals surface area contributed by atoms with Gasteiger partial charge in [0.15, 0.2) is 6.61 Å². The Morgan fingerprint density at radius 3 is 2.38 bits per heavy atom. The minimum atomic E-state index is -0.579. The van der Waals surface area contributed by atoms with E-state index in [9.17, 15) is 9.59 Å². The number of hydrogen-bond acceptors (Lipinski definition) is 4. The molecule has 0 aliphatic carbocycles. The summed E-state index contributed by atoms with van der Waals surface area (Å²) in [5, 5.41) is 0.530. The topological polar surface area (TPSA) is 52.6 Å². The van der Waals surface area contributed by atoms with Crippen molar-refractivity contribution in [3.63, 3.8) is 0 Å². The summed E-state index contributed by atoms with van der Waals surface area (Å²) in [6.07, 6.45) is 0. The summed E-state index contributed by atoms with van der Waals surface area (Å²) in [4.78, 5) is 22.3. The summed E-state index contributed by atoms with van der Waals surface area (Å²) in [6, 6.07) is 6.19. The standard InChI is InChI=1S/C11H11ClO4/c1-2-15-10(13)7-16-11(14)8-3-5-9(12)6-4-8/h3-6H,2,7H2,1H3. The quantitative estimate of drug-likeness (QED) is 0.759. The zero-order valence-electron chi connectivity index (χ0n) is 8.73. The van der Waals surface area contributed by atoms with Crippen molar-refractivity contribution < 1.29 is 19.1 Å². The first kappa shape index (κ1) is 12.5. The fraction of sp³-hybridized carbons (Fsp3) is 0.273. The molecule has 0 aliphatic rings.